The molecule has 0 heterocycles. The quantitative estimate of drug-likeness (QED) is 0.549. The summed E-state index contributed by atoms with van der Waals surface area (Å²) in [7, 11) is 1.63. The average Bonchev–Trinajstić information content (AvgIpc) is 2.61. The topological polar surface area (TPSA) is 30.5 Å². The Morgan fingerprint density at radius 1 is 1.08 bits per heavy atom. The lowest BCUT2D eigenvalue weighted by molar-refractivity contribution is 0.330. The molecule has 0 atom stereocenters. The number of rotatable bonds is 9. The lowest BCUT2D eigenvalue weighted by Gasteiger charge is -2.11. The Morgan fingerprint density at radius 3 is 2.54 bits per heavy atom. The van der Waals surface area contributed by atoms with E-state index in [4.69, 9.17) is 27.5 Å². The van der Waals surface area contributed by atoms with Crippen LogP contribution in [0.4, 0.5) is 0 Å². The molecule has 2 aromatic carbocycles. The Kier molecular flexibility index (Phi) is 7.48. The molecule has 2 rings (SSSR count). The highest BCUT2D eigenvalue weighted by atomic mass is 35.5. The van der Waals surface area contributed by atoms with Gasteiger partial charge in [0, 0.05) is 11.6 Å². The van der Waals surface area contributed by atoms with Gasteiger partial charge < -0.3 is 14.8 Å². The molecule has 0 saturated heterocycles. The zero-order valence-electron chi connectivity index (χ0n) is 13.8. The summed E-state index contributed by atoms with van der Waals surface area (Å²) in [6.07, 6.45) is 7.23. The molecule has 1 N–H and O–H groups in total. The standard InChI is InChI=1S/C20H22ClNO2/c1-3-13-24-19-11-8-16(14-20(19)23-2)5-4-12-22-15-17-6-9-18(21)10-7-17/h1,6-11,14,22H,4-5,12-13,15H2,2H3. The van der Waals surface area contributed by atoms with Crippen LogP contribution in [0.5, 0.6) is 11.5 Å². The highest BCUT2D eigenvalue weighted by Crippen LogP contribution is 2.28. The highest BCUT2D eigenvalue weighted by Gasteiger charge is 2.05. The first kappa shape index (κ1) is 18.2. The molecule has 126 valence electrons. The van der Waals surface area contributed by atoms with Crippen LogP contribution in [0.15, 0.2) is 42.5 Å². The summed E-state index contributed by atoms with van der Waals surface area (Å²) in [5.74, 6) is 3.85. The molecule has 4 heteroatoms. The van der Waals surface area contributed by atoms with Crippen molar-refractivity contribution < 1.29 is 9.47 Å². The zero-order valence-corrected chi connectivity index (χ0v) is 14.6. The third-order valence-corrected chi connectivity index (χ3v) is 3.85. The largest absolute Gasteiger partial charge is 0.493 e. The van der Waals surface area contributed by atoms with Gasteiger partial charge in [0.1, 0.15) is 6.61 Å². The van der Waals surface area contributed by atoms with Gasteiger partial charge in [0.15, 0.2) is 11.5 Å². The molecule has 24 heavy (non-hydrogen) atoms. The van der Waals surface area contributed by atoms with E-state index in [-0.39, 0.29) is 6.61 Å². The van der Waals surface area contributed by atoms with Gasteiger partial charge in [0.2, 0.25) is 0 Å². The van der Waals surface area contributed by atoms with Gasteiger partial charge in [-0.15, -0.1) is 6.42 Å². The van der Waals surface area contributed by atoms with E-state index >= 15 is 0 Å². The molecular formula is C20H22ClNO2. The number of nitrogens with one attached hydrogen (secondary N) is 1. The first-order chi connectivity index (χ1) is 11.7. The lowest BCUT2D eigenvalue weighted by atomic mass is 10.1. The van der Waals surface area contributed by atoms with Gasteiger partial charge >= 0.3 is 0 Å². The Morgan fingerprint density at radius 2 is 1.83 bits per heavy atom. The third-order valence-electron chi connectivity index (χ3n) is 3.60. The van der Waals surface area contributed by atoms with Crippen LogP contribution in [-0.4, -0.2) is 20.3 Å². The van der Waals surface area contributed by atoms with Gasteiger partial charge in [-0.1, -0.05) is 35.7 Å². The summed E-state index contributed by atoms with van der Waals surface area (Å²) in [6.45, 7) is 2.03. The van der Waals surface area contributed by atoms with Crippen molar-refractivity contribution >= 4 is 11.6 Å². The van der Waals surface area contributed by atoms with Gasteiger partial charge in [0.05, 0.1) is 7.11 Å². The second-order valence-electron chi connectivity index (χ2n) is 5.38. The van der Waals surface area contributed by atoms with Gasteiger partial charge in [-0.3, -0.25) is 0 Å². The number of ether oxygens (including phenoxy) is 2. The maximum absolute atomic E-state index is 5.88. The summed E-state index contributed by atoms with van der Waals surface area (Å²) < 4.78 is 10.8. The molecule has 0 aliphatic heterocycles. The Hall–Kier alpha value is -2.15. The summed E-state index contributed by atoms with van der Waals surface area (Å²) in [5.41, 5.74) is 2.45. The maximum Gasteiger partial charge on any atom is 0.162 e. The fourth-order valence-corrected chi connectivity index (χ4v) is 2.48. The molecule has 0 amide bonds. The van der Waals surface area contributed by atoms with Crippen molar-refractivity contribution in [1.82, 2.24) is 5.32 Å². The van der Waals surface area contributed by atoms with Crippen molar-refractivity contribution in [3.05, 3.63) is 58.6 Å². The molecule has 0 aliphatic rings. The molecule has 0 radical (unpaired) electrons. The summed E-state index contributed by atoms with van der Waals surface area (Å²) in [4.78, 5) is 0. The van der Waals surface area contributed by atoms with Crippen molar-refractivity contribution in [3.63, 3.8) is 0 Å². The Bertz CT molecular complexity index is 677. The summed E-state index contributed by atoms with van der Waals surface area (Å²) in [5, 5.41) is 4.20. The Labute approximate surface area is 148 Å². The van der Waals surface area contributed by atoms with E-state index in [2.05, 4.69) is 11.2 Å². The predicted octanol–water partition coefficient (Wildman–Crippen LogP) is 4.08. The minimum Gasteiger partial charge on any atom is -0.493 e. The van der Waals surface area contributed by atoms with Crippen LogP contribution in [0.1, 0.15) is 17.5 Å². The number of hydrogen-bond donors (Lipinski definition) is 1. The fraction of sp³-hybridized carbons (Fsp3) is 0.300. The highest BCUT2D eigenvalue weighted by molar-refractivity contribution is 6.30. The number of terminal acetylenes is 1. The van der Waals surface area contributed by atoms with Crippen LogP contribution in [0.3, 0.4) is 0 Å². The van der Waals surface area contributed by atoms with E-state index in [1.54, 1.807) is 7.11 Å². The van der Waals surface area contributed by atoms with Crippen molar-refractivity contribution in [2.45, 2.75) is 19.4 Å². The molecule has 2 aromatic rings. The monoisotopic (exact) mass is 343 g/mol. The molecule has 0 aromatic heterocycles. The number of benzene rings is 2. The average molecular weight is 344 g/mol. The fourth-order valence-electron chi connectivity index (χ4n) is 2.36. The van der Waals surface area contributed by atoms with Crippen LogP contribution >= 0.6 is 11.6 Å². The second kappa shape index (κ2) is 9.87. The van der Waals surface area contributed by atoms with Gasteiger partial charge in [-0.25, -0.2) is 0 Å². The second-order valence-corrected chi connectivity index (χ2v) is 5.82. The number of aryl methyl sites for hydroxylation is 1. The minimum absolute atomic E-state index is 0.240. The summed E-state index contributed by atoms with van der Waals surface area (Å²) >= 11 is 5.88. The molecule has 3 nitrogen and oxygen atoms in total. The SMILES string of the molecule is C#CCOc1ccc(CCCNCc2ccc(Cl)cc2)cc1OC. The predicted molar refractivity (Wildman–Crippen MR) is 98.8 cm³/mol. The van der Waals surface area contributed by atoms with Crippen LogP contribution in [0.2, 0.25) is 5.02 Å². The molecule has 0 unspecified atom stereocenters. The van der Waals surface area contributed by atoms with Crippen LogP contribution in [-0.2, 0) is 13.0 Å². The molecule has 0 aliphatic carbocycles. The molecular weight excluding hydrogens is 322 g/mol. The zero-order chi connectivity index (χ0) is 17.2. The van der Waals surface area contributed by atoms with E-state index in [1.165, 1.54) is 11.1 Å². The Balaban J connectivity index is 1.75. The van der Waals surface area contributed by atoms with Crippen LogP contribution in [0, 0.1) is 12.3 Å². The lowest BCUT2D eigenvalue weighted by Crippen LogP contribution is -2.15. The first-order valence-corrected chi connectivity index (χ1v) is 8.29. The molecule has 0 bridgehead atoms. The van der Waals surface area contributed by atoms with Crippen molar-refractivity contribution in [3.8, 4) is 23.8 Å². The molecule has 0 fully saturated rings. The van der Waals surface area contributed by atoms with Gasteiger partial charge in [-0.2, -0.15) is 0 Å². The van der Waals surface area contributed by atoms with Crippen LogP contribution in [0.25, 0.3) is 0 Å². The van der Waals surface area contributed by atoms with Crippen molar-refractivity contribution in [2.24, 2.45) is 0 Å². The third kappa shape index (κ3) is 5.81. The number of methoxy groups -OCH3 is 1. The van der Waals surface area contributed by atoms with Crippen molar-refractivity contribution in [2.75, 3.05) is 20.3 Å². The molecule has 0 spiro atoms. The van der Waals surface area contributed by atoms with E-state index in [0.717, 1.165) is 36.7 Å². The normalized spacial score (nSPS) is 10.2. The van der Waals surface area contributed by atoms with Crippen LogP contribution < -0.4 is 14.8 Å². The van der Waals surface area contributed by atoms with Gasteiger partial charge in [-0.05, 0) is 54.8 Å². The number of halogens is 1. The summed E-state index contributed by atoms with van der Waals surface area (Å²) in [6, 6.07) is 13.9. The van der Waals surface area contributed by atoms with E-state index < -0.39 is 0 Å². The minimum atomic E-state index is 0.240. The maximum atomic E-state index is 5.88. The van der Waals surface area contributed by atoms with Gasteiger partial charge in [0.25, 0.3) is 0 Å². The smallest absolute Gasteiger partial charge is 0.162 e. The van der Waals surface area contributed by atoms with Crippen molar-refractivity contribution in [1.29, 1.82) is 0 Å². The van der Waals surface area contributed by atoms with E-state index in [9.17, 15) is 0 Å². The first-order valence-electron chi connectivity index (χ1n) is 7.91. The molecule has 0 saturated carbocycles. The van der Waals surface area contributed by atoms with E-state index in [1.807, 2.05) is 42.5 Å². The van der Waals surface area contributed by atoms with E-state index in [0.29, 0.717) is 5.75 Å². The number of hydrogen-bond acceptors (Lipinski definition) is 3.